The number of carbonyl (C=O) groups is 1. The number of halogens is 3. The number of alkyl halides is 3. The van der Waals surface area contributed by atoms with Gasteiger partial charge in [-0.1, -0.05) is 49.7 Å². The lowest BCUT2D eigenvalue weighted by atomic mass is 10.0. The number of hydrogen-bond acceptors (Lipinski definition) is 4. The molecule has 3 aromatic carbocycles. The van der Waals surface area contributed by atoms with E-state index in [9.17, 15) is 28.1 Å². The largest absolute Gasteiger partial charge is 0.416 e. The van der Waals surface area contributed by atoms with Gasteiger partial charge in [0.2, 0.25) is 5.75 Å². The third kappa shape index (κ3) is 5.28. The highest BCUT2D eigenvalue weighted by Gasteiger charge is 2.33. The van der Waals surface area contributed by atoms with Crippen LogP contribution < -0.4 is 4.74 Å². The van der Waals surface area contributed by atoms with E-state index in [1.54, 1.807) is 12.1 Å². The predicted molar refractivity (Wildman–Crippen MR) is 109 cm³/mol. The third-order valence-electron chi connectivity index (χ3n) is 4.63. The first-order valence-corrected chi connectivity index (χ1v) is 9.46. The van der Waals surface area contributed by atoms with Crippen molar-refractivity contribution in [3.8, 4) is 16.9 Å². The van der Waals surface area contributed by atoms with Gasteiger partial charge in [0.15, 0.2) is 0 Å². The van der Waals surface area contributed by atoms with E-state index in [1.165, 1.54) is 17.7 Å². The molecule has 3 rings (SSSR count). The van der Waals surface area contributed by atoms with Crippen molar-refractivity contribution in [1.29, 1.82) is 0 Å². The average Bonchev–Trinajstić information content (AvgIpc) is 2.74. The normalized spacial score (nSPS) is 11.2. The van der Waals surface area contributed by atoms with E-state index in [1.807, 2.05) is 24.3 Å². The van der Waals surface area contributed by atoms with Gasteiger partial charge in [0.1, 0.15) is 0 Å². The lowest BCUT2D eigenvalue weighted by Crippen LogP contribution is -2.11. The van der Waals surface area contributed by atoms with Crippen LogP contribution in [0.2, 0.25) is 0 Å². The molecule has 0 fully saturated rings. The van der Waals surface area contributed by atoms with E-state index in [4.69, 9.17) is 4.74 Å². The fraction of sp³-hybridized carbons (Fsp3) is 0.174. The Morgan fingerprint density at radius 2 is 1.55 bits per heavy atom. The van der Waals surface area contributed by atoms with Crippen LogP contribution in [0.5, 0.6) is 5.75 Å². The van der Waals surface area contributed by atoms with Crippen LogP contribution in [0.1, 0.15) is 34.8 Å². The maximum Gasteiger partial charge on any atom is 0.416 e. The summed E-state index contributed by atoms with van der Waals surface area (Å²) in [5.74, 6) is -1.47. The number of nitrogens with zero attached hydrogens (tertiary/aromatic N) is 1. The number of aryl methyl sites for hydroxylation is 1. The van der Waals surface area contributed by atoms with Gasteiger partial charge in [-0.3, -0.25) is 10.1 Å². The summed E-state index contributed by atoms with van der Waals surface area (Å²) >= 11 is 0. The molecule has 0 aromatic heterocycles. The Hall–Kier alpha value is -3.68. The molecule has 8 heteroatoms. The Morgan fingerprint density at radius 1 is 0.968 bits per heavy atom. The van der Waals surface area contributed by atoms with Crippen molar-refractivity contribution in [2.24, 2.45) is 0 Å². The minimum absolute atomic E-state index is 0.112. The monoisotopic (exact) mass is 429 g/mol. The summed E-state index contributed by atoms with van der Waals surface area (Å²) in [6.07, 6.45) is -2.72. The van der Waals surface area contributed by atoms with Crippen LogP contribution in [-0.2, 0) is 12.6 Å². The van der Waals surface area contributed by atoms with E-state index in [-0.39, 0.29) is 5.56 Å². The minimum atomic E-state index is -4.75. The molecule has 3 aromatic rings. The van der Waals surface area contributed by atoms with Gasteiger partial charge in [-0.05, 0) is 47.4 Å². The highest BCUT2D eigenvalue weighted by atomic mass is 19.4. The van der Waals surface area contributed by atoms with E-state index >= 15 is 0 Å². The van der Waals surface area contributed by atoms with Gasteiger partial charge in [0.25, 0.3) is 0 Å². The third-order valence-corrected chi connectivity index (χ3v) is 4.63. The number of carbonyl (C=O) groups excluding carboxylic acids is 1. The smallest absolute Gasteiger partial charge is 0.416 e. The molecule has 0 spiro atoms. The molecule has 0 aliphatic heterocycles. The highest BCUT2D eigenvalue weighted by molar-refractivity contribution is 5.92. The summed E-state index contributed by atoms with van der Waals surface area (Å²) in [5, 5.41) is 11.1. The van der Waals surface area contributed by atoms with Gasteiger partial charge in [-0.2, -0.15) is 13.2 Å². The second kappa shape index (κ2) is 8.99. The van der Waals surface area contributed by atoms with E-state index in [2.05, 4.69) is 6.92 Å². The van der Waals surface area contributed by atoms with Gasteiger partial charge in [-0.25, -0.2) is 4.79 Å². The molecule has 5 nitrogen and oxygen atoms in total. The van der Waals surface area contributed by atoms with Crippen molar-refractivity contribution < 1.29 is 27.6 Å². The number of rotatable bonds is 6. The number of ether oxygens (including phenoxy) is 1. The van der Waals surface area contributed by atoms with Crippen LogP contribution in [0.3, 0.4) is 0 Å². The van der Waals surface area contributed by atoms with Crippen molar-refractivity contribution in [2.45, 2.75) is 25.9 Å². The van der Waals surface area contributed by atoms with Crippen molar-refractivity contribution in [3.05, 3.63) is 93.5 Å². The standard InChI is InChI=1S/C23H18F3NO4/c1-2-3-15-4-6-16(7-5-15)17-8-10-18(11-9-17)22(28)31-21-13-12-19(23(24,25)26)14-20(21)27(29)30/h4-14H,2-3H2,1H3. The van der Waals surface area contributed by atoms with Crippen LogP contribution in [0.25, 0.3) is 11.1 Å². The van der Waals surface area contributed by atoms with Crippen LogP contribution in [0.4, 0.5) is 18.9 Å². The first-order valence-electron chi connectivity index (χ1n) is 9.46. The van der Waals surface area contributed by atoms with Gasteiger partial charge >= 0.3 is 17.8 Å². The minimum Gasteiger partial charge on any atom is -0.416 e. The predicted octanol–water partition coefficient (Wildman–Crippen LogP) is 6.45. The number of benzene rings is 3. The van der Waals surface area contributed by atoms with Crippen LogP contribution in [0.15, 0.2) is 66.7 Å². The number of nitro benzene ring substituents is 1. The van der Waals surface area contributed by atoms with Crippen molar-refractivity contribution in [1.82, 2.24) is 0 Å². The Labute approximate surface area is 176 Å². The molecule has 0 bridgehead atoms. The first kappa shape index (κ1) is 22.0. The lowest BCUT2D eigenvalue weighted by molar-refractivity contribution is -0.385. The molecule has 160 valence electrons. The molecule has 0 N–H and O–H groups in total. The second-order valence-electron chi connectivity index (χ2n) is 6.85. The lowest BCUT2D eigenvalue weighted by Gasteiger charge is -2.09. The number of hydrogen-bond donors (Lipinski definition) is 0. The molecule has 0 saturated carbocycles. The molecule has 0 radical (unpaired) electrons. The quantitative estimate of drug-likeness (QED) is 0.195. The van der Waals surface area contributed by atoms with Crippen molar-refractivity contribution >= 4 is 11.7 Å². The fourth-order valence-electron chi connectivity index (χ4n) is 3.03. The zero-order valence-corrected chi connectivity index (χ0v) is 16.5. The topological polar surface area (TPSA) is 69.4 Å². The van der Waals surface area contributed by atoms with Gasteiger partial charge in [0.05, 0.1) is 16.1 Å². The Kier molecular flexibility index (Phi) is 6.39. The first-order chi connectivity index (χ1) is 14.7. The van der Waals surface area contributed by atoms with Gasteiger partial charge in [-0.15, -0.1) is 0 Å². The molecular formula is C23H18F3NO4. The summed E-state index contributed by atoms with van der Waals surface area (Å²) < 4.78 is 43.4. The molecular weight excluding hydrogens is 411 g/mol. The molecule has 0 amide bonds. The van der Waals surface area contributed by atoms with Gasteiger partial charge < -0.3 is 4.74 Å². The highest BCUT2D eigenvalue weighted by Crippen LogP contribution is 2.36. The molecule has 0 saturated heterocycles. The summed E-state index contributed by atoms with van der Waals surface area (Å²) in [5.41, 5.74) is 1.02. The summed E-state index contributed by atoms with van der Waals surface area (Å²) in [7, 11) is 0. The average molecular weight is 429 g/mol. The summed E-state index contributed by atoms with van der Waals surface area (Å²) in [6, 6.07) is 16.1. The Balaban J connectivity index is 1.79. The van der Waals surface area contributed by atoms with Crippen LogP contribution >= 0.6 is 0 Å². The molecule has 0 unspecified atom stereocenters. The van der Waals surface area contributed by atoms with E-state index < -0.39 is 34.1 Å². The molecule has 0 atom stereocenters. The van der Waals surface area contributed by atoms with E-state index in [0.29, 0.717) is 12.1 Å². The molecule has 0 heterocycles. The summed E-state index contributed by atoms with van der Waals surface area (Å²) in [4.78, 5) is 22.5. The number of nitro groups is 1. The summed E-state index contributed by atoms with van der Waals surface area (Å²) in [6.45, 7) is 2.10. The fourth-order valence-corrected chi connectivity index (χ4v) is 3.03. The second-order valence-corrected chi connectivity index (χ2v) is 6.85. The Morgan fingerprint density at radius 3 is 2.06 bits per heavy atom. The zero-order valence-electron chi connectivity index (χ0n) is 16.5. The zero-order chi connectivity index (χ0) is 22.6. The molecule has 0 aliphatic rings. The van der Waals surface area contributed by atoms with Gasteiger partial charge in [0, 0.05) is 6.07 Å². The SMILES string of the molecule is CCCc1ccc(-c2ccc(C(=O)Oc3ccc(C(F)(F)F)cc3[N+](=O)[O-])cc2)cc1. The van der Waals surface area contributed by atoms with Crippen molar-refractivity contribution in [2.75, 3.05) is 0 Å². The van der Waals surface area contributed by atoms with E-state index in [0.717, 1.165) is 30.0 Å². The maximum atomic E-state index is 12.8. The maximum absolute atomic E-state index is 12.8. The van der Waals surface area contributed by atoms with Crippen molar-refractivity contribution in [3.63, 3.8) is 0 Å². The molecule has 0 aliphatic carbocycles. The number of esters is 1. The van der Waals surface area contributed by atoms with Crippen LogP contribution in [-0.4, -0.2) is 10.9 Å². The van der Waals surface area contributed by atoms with Crippen LogP contribution in [0, 0.1) is 10.1 Å². The Bertz CT molecular complexity index is 1090. The molecule has 31 heavy (non-hydrogen) atoms.